The van der Waals surface area contributed by atoms with Crippen LogP contribution in [-0.2, 0) is 7.05 Å². The average Bonchev–Trinajstić information content (AvgIpc) is 3.47. The Morgan fingerprint density at radius 2 is 1.73 bits per heavy atom. The molecule has 5 rings (SSSR count). The number of nitriles is 3. The molecule has 1 aliphatic carbocycles. The van der Waals surface area contributed by atoms with Gasteiger partial charge in [-0.15, -0.1) is 11.3 Å². The SMILES string of the molecule is Cn1c(-c2ccc(C#N)cc2)cc2sc(/C=C3\C(=O)c4ccccc4C3=C(C#N)C#N)nc21. The Labute approximate surface area is 193 Å². The second-order valence-electron chi connectivity index (χ2n) is 7.42. The van der Waals surface area contributed by atoms with E-state index in [2.05, 4.69) is 6.07 Å². The summed E-state index contributed by atoms with van der Waals surface area (Å²) in [7, 11) is 1.91. The van der Waals surface area contributed by atoms with Crippen molar-refractivity contribution in [2.24, 2.45) is 7.05 Å². The third-order valence-corrected chi connectivity index (χ3v) is 6.54. The lowest BCUT2D eigenvalue weighted by Gasteiger charge is -2.04. The molecule has 0 saturated carbocycles. The monoisotopic (exact) mass is 443 g/mol. The molecule has 0 spiro atoms. The Bertz CT molecular complexity index is 1640. The van der Waals surface area contributed by atoms with Crippen LogP contribution in [0.5, 0.6) is 0 Å². The van der Waals surface area contributed by atoms with Crippen LogP contribution in [0.15, 0.2) is 65.7 Å². The van der Waals surface area contributed by atoms with Crippen molar-refractivity contribution >= 4 is 39.1 Å². The molecule has 0 N–H and O–H groups in total. The lowest BCUT2D eigenvalue weighted by atomic mass is 10.00. The molecule has 33 heavy (non-hydrogen) atoms. The smallest absolute Gasteiger partial charge is 0.194 e. The van der Waals surface area contributed by atoms with Gasteiger partial charge in [-0.05, 0) is 35.4 Å². The summed E-state index contributed by atoms with van der Waals surface area (Å²) in [6.45, 7) is 0. The number of Topliss-reactive ketones (excluding diaryl/α,β-unsaturated/α-hetero) is 1. The van der Waals surface area contributed by atoms with Gasteiger partial charge in [0.25, 0.3) is 0 Å². The largest absolute Gasteiger partial charge is 0.328 e. The number of aryl methyl sites for hydroxylation is 1. The number of carbonyl (C=O) groups is 1. The van der Waals surface area contributed by atoms with Gasteiger partial charge in [-0.25, -0.2) is 4.98 Å². The van der Waals surface area contributed by atoms with Crippen molar-refractivity contribution < 1.29 is 4.79 Å². The molecule has 2 aromatic carbocycles. The topological polar surface area (TPSA) is 106 Å². The number of fused-ring (bicyclic) bond motifs is 2. The summed E-state index contributed by atoms with van der Waals surface area (Å²) < 4.78 is 2.91. The number of rotatable bonds is 2. The molecule has 1 aliphatic rings. The Kier molecular flexibility index (Phi) is 4.72. The Morgan fingerprint density at radius 1 is 1.03 bits per heavy atom. The molecule has 154 valence electrons. The van der Waals surface area contributed by atoms with Gasteiger partial charge >= 0.3 is 0 Å². The van der Waals surface area contributed by atoms with E-state index < -0.39 is 0 Å². The number of thiazole rings is 1. The summed E-state index contributed by atoms with van der Waals surface area (Å²) in [6, 6.07) is 22.3. The molecule has 0 radical (unpaired) electrons. The van der Waals surface area contributed by atoms with Crippen molar-refractivity contribution in [3.8, 4) is 29.5 Å². The van der Waals surface area contributed by atoms with Crippen molar-refractivity contribution in [3.05, 3.63) is 87.4 Å². The number of carbonyl (C=O) groups excluding carboxylic acids is 1. The highest BCUT2D eigenvalue weighted by molar-refractivity contribution is 7.19. The molecule has 7 heteroatoms. The first-order chi connectivity index (χ1) is 16.0. The first-order valence-corrected chi connectivity index (χ1v) is 10.7. The average molecular weight is 443 g/mol. The molecule has 2 heterocycles. The summed E-state index contributed by atoms with van der Waals surface area (Å²) in [5.74, 6) is -0.221. The highest BCUT2D eigenvalue weighted by Crippen LogP contribution is 2.40. The van der Waals surface area contributed by atoms with Crippen LogP contribution < -0.4 is 0 Å². The molecule has 0 unspecified atom stereocenters. The fourth-order valence-corrected chi connectivity index (χ4v) is 5.01. The number of ketones is 1. The third-order valence-electron chi connectivity index (χ3n) is 5.60. The summed E-state index contributed by atoms with van der Waals surface area (Å²) in [6.07, 6.45) is 1.67. The first-order valence-electron chi connectivity index (χ1n) is 9.93. The van der Waals surface area contributed by atoms with Gasteiger partial charge < -0.3 is 4.57 Å². The van der Waals surface area contributed by atoms with E-state index >= 15 is 0 Å². The summed E-state index contributed by atoms with van der Waals surface area (Å²) >= 11 is 1.43. The molecule has 0 saturated heterocycles. The van der Waals surface area contributed by atoms with E-state index in [1.807, 2.05) is 42.0 Å². The Morgan fingerprint density at radius 3 is 2.36 bits per heavy atom. The van der Waals surface area contributed by atoms with E-state index in [1.54, 1.807) is 42.5 Å². The molecular formula is C26H13N5OS. The lowest BCUT2D eigenvalue weighted by molar-refractivity contribution is 0.104. The van der Waals surface area contributed by atoms with Gasteiger partial charge in [0.1, 0.15) is 22.7 Å². The van der Waals surface area contributed by atoms with Crippen LogP contribution in [0, 0.1) is 34.0 Å². The van der Waals surface area contributed by atoms with Crippen molar-refractivity contribution in [2.75, 3.05) is 0 Å². The highest BCUT2D eigenvalue weighted by Gasteiger charge is 2.32. The second-order valence-corrected chi connectivity index (χ2v) is 8.49. The van der Waals surface area contributed by atoms with Crippen LogP contribution in [0.25, 0.3) is 33.3 Å². The standard InChI is InChI=1S/C26H13N5OS/c1-31-21(16-8-6-15(12-27)7-9-16)11-22-26(31)30-23(33-22)10-20-24(17(13-28)14-29)18-4-2-3-5-19(18)25(20)32/h2-11H,1H3/b20-10-. The van der Waals surface area contributed by atoms with E-state index in [9.17, 15) is 15.3 Å². The maximum absolute atomic E-state index is 13.1. The number of aromatic nitrogens is 2. The van der Waals surface area contributed by atoms with Gasteiger partial charge in [-0.2, -0.15) is 15.8 Å². The summed E-state index contributed by atoms with van der Waals surface area (Å²) in [5.41, 5.74) is 4.95. The molecule has 0 atom stereocenters. The van der Waals surface area contributed by atoms with Gasteiger partial charge in [0.2, 0.25) is 0 Å². The molecular weight excluding hydrogens is 430 g/mol. The minimum atomic E-state index is -0.221. The predicted octanol–water partition coefficient (Wildman–Crippen LogP) is 5.25. The van der Waals surface area contributed by atoms with Crippen LogP contribution in [0.1, 0.15) is 26.5 Å². The second kappa shape index (κ2) is 7.73. The third kappa shape index (κ3) is 3.15. The van der Waals surface area contributed by atoms with Crippen molar-refractivity contribution in [1.82, 2.24) is 9.55 Å². The zero-order valence-electron chi connectivity index (χ0n) is 17.3. The fraction of sp³-hybridized carbons (Fsp3) is 0.0385. The van der Waals surface area contributed by atoms with E-state index in [0.29, 0.717) is 32.8 Å². The highest BCUT2D eigenvalue weighted by atomic mass is 32.1. The van der Waals surface area contributed by atoms with Gasteiger partial charge in [-0.1, -0.05) is 36.4 Å². The predicted molar refractivity (Wildman–Crippen MR) is 126 cm³/mol. The summed E-state index contributed by atoms with van der Waals surface area (Å²) in [4.78, 5) is 17.8. The zero-order valence-corrected chi connectivity index (χ0v) is 18.1. The van der Waals surface area contributed by atoms with Crippen LogP contribution in [0.4, 0.5) is 0 Å². The molecule has 0 bridgehead atoms. The molecule has 4 aromatic rings. The molecule has 0 aliphatic heterocycles. The maximum atomic E-state index is 13.1. The normalized spacial score (nSPS) is 13.6. The van der Waals surface area contributed by atoms with Crippen LogP contribution in [0.3, 0.4) is 0 Å². The van der Waals surface area contributed by atoms with E-state index in [1.165, 1.54) is 11.3 Å². The Hall–Kier alpha value is -4.77. The number of allylic oxidation sites excluding steroid dienone is 3. The molecule has 0 fully saturated rings. The maximum Gasteiger partial charge on any atom is 0.194 e. The lowest BCUT2D eigenvalue weighted by Crippen LogP contribution is -1.96. The first kappa shape index (κ1) is 20.2. The van der Waals surface area contributed by atoms with Crippen LogP contribution in [0.2, 0.25) is 0 Å². The molecule has 2 aromatic heterocycles. The van der Waals surface area contributed by atoms with Crippen molar-refractivity contribution in [2.45, 2.75) is 0 Å². The fourth-order valence-electron chi connectivity index (χ4n) is 4.03. The quantitative estimate of drug-likeness (QED) is 0.310. The number of nitrogens with zero attached hydrogens (tertiary/aromatic N) is 5. The summed E-state index contributed by atoms with van der Waals surface area (Å²) in [5, 5.41) is 28.6. The number of benzene rings is 2. The minimum absolute atomic E-state index is 0.0937. The van der Waals surface area contributed by atoms with Gasteiger partial charge in [0, 0.05) is 23.8 Å². The van der Waals surface area contributed by atoms with Crippen LogP contribution in [-0.4, -0.2) is 15.3 Å². The number of hydrogen-bond acceptors (Lipinski definition) is 6. The van der Waals surface area contributed by atoms with E-state index in [0.717, 1.165) is 21.6 Å². The van der Waals surface area contributed by atoms with Gasteiger partial charge in [0.15, 0.2) is 11.4 Å². The zero-order chi connectivity index (χ0) is 23.1. The molecule has 6 nitrogen and oxygen atoms in total. The van der Waals surface area contributed by atoms with Gasteiger partial charge in [-0.3, -0.25) is 4.79 Å². The number of hydrogen-bond donors (Lipinski definition) is 0. The van der Waals surface area contributed by atoms with Crippen molar-refractivity contribution in [3.63, 3.8) is 0 Å². The van der Waals surface area contributed by atoms with Crippen molar-refractivity contribution in [1.29, 1.82) is 15.8 Å². The van der Waals surface area contributed by atoms with Gasteiger partial charge in [0.05, 0.1) is 22.0 Å². The Balaban J connectivity index is 1.62. The van der Waals surface area contributed by atoms with Crippen LogP contribution >= 0.6 is 11.3 Å². The minimum Gasteiger partial charge on any atom is -0.328 e. The van der Waals surface area contributed by atoms with E-state index in [-0.39, 0.29) is 11.4 Å². The molecule has 0 amide bonds. The van der Waals surface area contributed by atoms with E-state index in [4.69, 9.17) is 10.2 Å².